The molecule has 0 radical (unpaired) electrons. The Kier molecular flexibility index (Phi) is 4.37. The molecule has 0 saturated carbocycles. The van der Waals surface area contributed by atoms with Crippen molar-refractivity contribution >= 4 is 44.7 Å². The number of benzene rings is 1. The molecule has 94 valence electrons. The highest BCUT2D eigenvalue weighted by Crippen LogP contribution is 2.33. The van der Waals surface area contributed by atoms with Crippen molar-refractivity contribution in [2.24, 2.45) is 0 Å². The van der Waals surface area contributed by atoms with Crippen LogP contribution in [0.5, 0.6) is 5.75 Å². The van der Waals surface area contributed by atoms with Gasteiger partial charge >= 0.3 is 0 Å². The molecule has 0 aliphatic heterocycles. The molecule has 0 amide bonds. The van der Waals surface area contributed by atoms with Crippen molar-refractivity contribution in [3.05, 3.63) is 33.7 Å². The van der Waals surface area contributed by atoms with E-state index in [4.69, 9.17) is 16.3 Å². The molecule has 0 N–H and O–H groups in total. The van der Waals surface area contributed by atoms with Gasteiger partial charge in [-0.15, -0.1) is 22.9 Å². The molecule has 3 nitrogen and oxygen atoms in total. The molecule has 0 atom stereocenters. The molecule has 0 aliphatic carbocycles. The first kappa shape index (κ1) is 13.5. The minimum absolute atomic E-state index is 0.0487. The van der Waals surface area contributed by atoms with E-state index in [0.29, 0.717) is 5.69 Å². The topological polar surface area (TPSA) is 39.2 Å². The Bertz CT molecular complexity index is 585. The first-order chi connectivity index (χ1) is 8.65. The number of Topliss-reactive ketones (excluding diaryl/α,β-unsaturated/α-hetero) is 1. The van der Waals surface area contributed by atoms with Gasteiger partial charge in [0.05, 0.1) is 13.0 Å². The number of alkyl halides is 1. The third-order valence-electron chi connectivity index (χ3n) is 2.32. The van der Waals surface area contributed by atoms with E-state index in [-0.39, 0.29) is 11.7 Å². The highest BCUT2D eigenvalue weighted by molar-refractivity contribution is 9.10. The van der Waals surface area contributed by atoms with Gasteiger partial charge in [0, 0.05) is 15.4 Å². The number of carbonyl (C=O) groups is 1. The fraction of sp³-hybridized carbons (Fsp3) is 0.167. The van der Waals surface area contributed by atoms with Crippen molar-refractivity contribution < 1.29 is 9.53 Å². The van der Waals surface area contributed by atoms with E-state index in [1.54, 1.807) is 12.5 Å². The van der Waals surface area contributed by atoms with Gasteiger partial charge in [-0.05, 0) is 34.1 Å². The molecule has 0 saturated heterocycles. The largest absolute Gasteiger partial charge is 0.497 e. The predicted molar refractivity (Wildman–Crippen MR) is 76.9 cm³/mol. The molecule has 0 fully saturated rings. The van der Waals surface area contributed by atoms with Gasteiger partial charge in [0.25, 0.3) is 0 Å². The molecule has 0 aliphatic rings. The number of methoxy groups -OCH3 is 1. The molecule has 1 aromatic heterocycles. The van der Waals surface area contributed by atoms with E-state index >= 15 is 0 Å². The summed E-state index contributed by atoms with van der Waals surface area (Å²) in [5.74, 6) is 0.551. The van der Waals surface area contributed by atoms with Gasteiger partial charge in [-0.1, -0.05) is 0 Å². The number of aromatic nitrogens is 1. The number of nitrogens with zero attached hydrogens (tertiary/aromatic N) is 1. The number of thiazole rings is 1. The summed E-state index contributed by atoms with van der Waals surface area (Å²) in [6.45, 7) is 0. The van der Waals surface area contributed by atoms with Gasteiger partial charge in [-0.2, -0.15) is 0 Å². The van der Waals surface area contributed by atoms with Gasteiger partial charge in [-0.25, -0.2) is 4.98 Å². The van der Waals surface area contributed by atoms with Crippen molar-refractivity contribution in [3.63, 3.8) is 0 Å². The smallest absolute Gasteiger partial charge is 0.196 e. The Balaban J connectivity index is 2.37. The molecule has 1 aromatic carbocycles. The SMILES string of the molecule is COc1ccc(-c2nc(C(=O)CCl)cs2)c(Br)c1. The monoisotopic (exact) mass is 345 g/mol. The van der Waals surface area contributed by atoms with Crippen LogP contribution in [0.4, 0.5) is 0 Å². The van der Waals surface area contributed by atoms with Crippen LogP contribution in [-0.4, -0.2) is 23.8 Å². The summed E-state index contributed by atoms with van der Waals surface area (Å²) in [6.07, 6.45) is 0. The Hall–Kier alpha value is -0.910. The fourth-order valence-electron chi connectivity index (χ4n) is 1.39. The highest BCUT2D eigenvalue weighted by Gasteiger charge is 2.13. The van der Waals surface area contributed by atoms with Crippen molar-refractivity contribution in [1.82, 2.24) is 4.98 Å². The van der Waals surface area contributed by atoms with Crippen LogP contribution in [0.2, 0.25) is 0 Å². The summed E-state index contributed by atoms with van der Waals surface area (Å²) in [5, 5.41) is 2.49. The zero-order valence-electron chi connectivity index (χ0n) is 9.44. The standard InChI is InChI=1S/C12H9BrClNO2S/c1-17-7-2-3-8(9(13)4-7)12-15-10(6-18-12)11(16)5-14/h2-4,6H,5H2,1H3. The number of carbonyl (C=O) groups excluding carboxylic acids is 1. The second kappa shape index (κ2) is 5.82. The molecule has 2 rings (SSSR count). The van der Waals surface area contributed by atoms with Crippen LogP contribution >= 0.6 is 38.9 Å². The molecule has 0 unspecified atom stereocenters. The second-order valence-electron chi connectivity index (χ2n) is 3.44. The van der Waals surface area contributed by atoms with Crippen molar-refractivity contribution in [3.8, 4) is 16.3 Å². The first-order valence-corrected chi connectivity index (χ1v) is 7.25. The summed E-state index contributed by atoms with van der Waals surface area (Å²) in [5.41, 5.74) is 1.34. The Morgan fingerprint density at radius 2 is 2.33 bits per heavy atom. The highest BCUT2D eigenvalue weighted by atomic mass is 79.9. The normalized spacial score (nSPS) is 10.4. The maximum Gasteiger partial charge on any atom is 0.196 e. The molecule has 2 aromatic rings. The molecular formula is C12H9BrClNO2S. The second-order valence-corrected chi connectivity index (χ2v) is 5.42. The number of ether oxygens (including phenoxy) is 1. The first-order valence-electron chi connectivity index (χ1n) is 5.04. The van der Waals surface area contributed by atoms with Crippen LogP contribution in [-0.2, 0) is 0 Å². The lowest BCUT2D eigenvalue weighted by Crippen LogP contribution is -2.00. The van der Waals surface area contributed by atoms with Crippen LogP contribution in [0, 0.1) is 0 Å². The Morgan fingerprint density at radius 3 is 2.94 bits per heavy atom. The molecule has 0 bridgehead atoms. The lowest BCUT2D eigenvalue weighted by molar-refractivity contribution is 0.101. The van der Waals surface area contributed by atoms with E-state index in [0.717, 1.165) is 20.8 Å². The number of hydrogen-bond donors (Lipinski definition) is 0. The summed E-state index contributed by atoms with van der Waals surface area (Å²) in [6, 6.07) is 5.61. The third kappa shape index (κ3) is 2.74. The van der Waals surface area contributed by atoms with Gasteiger partial charge in [-0.3, -0.25) is 4.79 Å². The van der Waals surface area contributed by atoms with Crippen molar-refractivity contribution in [2.75, 3.05) is 13.0 Å². The Labute approximate surface area is 122 Å². The predicted octanol–water partition coefficient (Wildman–Crippen LogP) is 4.00. The van der Waals surface area contributed by atoms with E-state index < -0.39 is 0 Å². The summed E-state index contributed by atoms with van der Waals surface area (Å²) >= 11 is 10.4. The molecule has 0 spiro atoms. The van der Waals surface area contributed by atoms with Crippen molar-refractivity contribution in [1.29, 1.82) is 0 Å². The van der Waals surface area contributed by atoms with Gasteiger partial charge in [0.1, 0.15) is 16.5 Å². The molecule has 18 heavy (non-hydrogen) atoms. The molecular weight excluding hydrogens is 338 g/mol. The van der Waals surface area contributed by atoms with Gasteiger partial charge in [0.2, 0.25) is 0 Å². The van der Waals surface area contributed by atoms with Gasteiger partial charge in [0.15, 0.2) is 5.78 Å². The van der Waals surface area contributed by atoms with Crippen LogP contribution in [0.25, 0.3) is 10.6 Å². The quantitative estimate of drug-likeness (QED) is 0.620. The molecule has 6 heteroatoms. The molecule has 1 heterocycles. The van der Waals surface area contributed by atoms with E-state index in [1.165, 1.54) is 11.3 Å². The maximum absolute atomic E-state index is 11.4. The third-order valence-corrected chi connectivity index (χ3v) is 4.09. The van der Waals surface area contributed by atoms with E-state index in [9.17, 15) is 4.79 Å². The minimum Gasteiger partial charge on any atom is -0.497 e. The number of hydrogen-bond acceptors (Lipinski definition) is 4. The van der Waals surface area contributed by atoms with Crippen LogP contribution in [0.1, 0.15) is 10.5 Å². The lowest BCUT2D eigenvalue weighted by Gasteiger charge is -2.03. The average molecular weight is 347 g/mol. The summed E-state index contributed by atoms with van der Waals surface area (Å²) in [7, 11) is 1.61. The fourth-order valence-corrected chi connectivity index (χ4v) is 3.07. The van der Waals surface area contributed by atoms with E-state index in [2.05, 4.69) is 20.9 Å². The zero-order chi connectivity index (χ0) is 13.1. The zero-order valence-corrected chi connectivity index (χ0v) is 12.6. The number of halogens is 2. The van der Waals surface area contributed by atoms with Crippen LogP contribution in [0.15, 0.2) is 28.1 Å². The number of ketones is 1. The van der Waals surface area contributed by atoms with E-state index in [1.807, 2.05) is 18.2 Å². The lowest BCUT2D eigenvalue weighted by atomic mass is 10.2. The summed E-state index contributed by atoms with van der Waals surface area (Å²) < 4.78 is 6.00. The van der Waals surface area contributed by atoms with Crippen LogP contribution in [0.3, 0.4) is 0 Å². The Morgan fingerprint density at radius 1 is 1.56 bits per heavy atom. The van der Waals surface area contributed by atoms with Crippen LogP contribution < -0.4 is 4.74 Å². The van der Waals surface area contributed by atoms with Gasteiger partial charge < -0.3 is 4.74 Å². The van der Waals surface area contributed by atoms with Crippen molar-refractivity contribution in [2.45, 2.75) is 0 Å². The number of rotatable bonds is 4. The minimum atomic E-state index is -0.163. The summed E-state index contributed by atoms with van der Waals surface area (Å²) in [4.78, 5) is 15.7. The maximum atomic E-state index is 11.4. The average Bonchev–Trinajstić information content (AvgIpc) is 2.87.